The van der Waals surface area contributed by atoms with Gasteiger partial charge in [0, 0.05) is 24.6 Å². The van der Waals surface area contributed by atoms with Crippen molar-refractivity contribution < 1.29 is 23.8 Å². The molecule has 28 heavy (non-hydrogen) atoms. The molecule has 6 heteroatoms. The number of aliphatic carboxylic acids is 1. The molecule has 0 spiro atoms. The molecular weight excluding hydrogens is 361 g/mol. The van der Waals surface area contributed by atoms with E-state index >= 15 is 0 Å². The van der Waals surface area contributed by atoms with Gasteiger partial charge >= 0.3 is 5.97 Å². The third-order valence-electron chi connectivity index (χ3n) is 5.50. The number of benzene rings is 2. The molecule has 0 bridgehead atoms. The Labute approximate surface area is 162 Å². The number of fused-ring (bicyclic) bond motifs is 1. The minimum Gasteiger partial charge on any atom is -0.496 e. The summed E-state index contributed by atoms with van der Waals surface area (Å²) in [5.74, 6) is -0.329. The normalized spacial score (nSPS) is 15.9. The lowest BCUT2D eigenvalue weighted by Gasteiger charge is -2.31. The largest absolute Gasteiger partial charge is 0.496 e. The van der Waals surface area contributed by atoms with Crippen molar-refractivity contribution >= 4 is 11.9 Å². The first-order chi connectivity index (χ1) is 13.5. The summed E-state index contributed by atoms with van der Waals surface area (Å²) in [6, 6.07) is 8.37. The number of rotatable bonds is 5. The smallest absolute Gasteiger partial charge is 0.307 e. The summed E-state index contributed by atoms with van der Waals surface area (Å²) >= 11 is 0. The van der Waals surface area contributed by atoms with E-state index in [1.165, 1.54) is 6.07 Å². The maximum absolute atomic E-state index is 14.5. The number of nitrogens with zero attached hydrogens (tertiary/aromatic N) is 1. The molecule has 1 saturated carbocycles. The molecule has 146 valence electrons. The summed E-state index contributed by atoms with van der Waals surface area (Å²) in [6.45, 7) is 0.892. The van der Waals surface area contributed by atoms with Crippen LogP contribution in [0.5, 0.6) is 5.75 Å². The average molecular weight is 383 g/mol. The summed E-state index contributed by atoms with van der Waals surface area (Å²) in [6.07, 6.45) is 2.24. The summed E-state index contributed by atoms with van der Waals surface area (Å²) in [7, 11) is 1.55. The number of hydrogen-bond donors (Lipinski definition) is 1. The van der Waals surface area contributed by atoms with Crippen LogP contribution in [-0.2, 0) is 29.0 Å². The first-order valence-electron chi connectivity index (χ1n) is 9.46. The maximum Gasteiger partial charge on any atom is 0.307 e. The van der Waals surface area contributed by atoms with Crippen LogP contribution < -0.4 is 4.74 Å². The minimum absolute atomic E-state index is 0.104. The van der Waals surface area contributed by atoms with Crippen molar-refractivity contribution in [2.75, 3.05) is 13.7 Å². The van der Waals surface area contributed by atoms with E-state index in [0.29, 0.717) is 36.4 Å². The van der Waals surface area contributed by atoms with Crippen LogP contribution in [0.15, 0.2) is 30.3 Å². The molecular formula is C22H22FNO4. The molecule has 1 N–H and O–H groups in total. The Morgan fingerprint density at radius 2 is 1.96 bits per heavy atom. The van der Waals surface area contributed by atoms with E-state index in [1.54, 1.807) is 31.4 Å². The molecule has 5 nitrogen and oxygen atoms in total. The van der Waals surface area contributed by atoms with Crippen LogP contribution in [0.1, 0.15) is 29.5 Å². The molecule has 0 unspecified atom stereocenters. The van der Waals surface area contributed by atoms with E-state index in [1.807, 2.05) is 4.90 Å². The van der Waals surface area contributed by atoms with E-state index in [-0.39, 0.29) is 24.1 Å². The highest BCUT2D eigenvalue weighted by Gasteiger charge is 2.35. The zero-order chi connectivity index (χ0) is 19.8. The first kappa shape index (κ1) is 18.5. The van der Waals surface area contributed by atoms with Gasteiger partial charge in [0.1, 0.15) is 11.6 Å². The Kier molecular flexibility index (Phi) is 4.79. The van der Waals surface area contributed by atoms with Gasteiger partial charge in [0.15, 0.2) is 0 Å². The lowest BCUT2D eigenvalue weighted by molar-refractivity contribution is -0.136. The fourth-order valence-electron chi connectivity index (χ4n) is 3.91. The topological polar surface area (TPSA) is 66.8 Å². The van der Waals surface area contributed by atoms with Gasteiger partial charge in [-0.1, -0.05) is 12.1 Å². The first-order valence-corrected chi connectivity index (χ1v) is 9.46. The molecule has 2 aliphatic rings. The summed E-state index contributed by atoms with van der Waals surface area (Å²) in [4.78, 5) is 25.5. The highest BCUT2D eigenvalue weighted by molar-refractivity contribution is 5.83. The van der Waals surface area contributed by atoms with Crippen molar-refractivity contribution in [3.8, 4) is 16.9 Å². The van der Waals surface area contributed by atoms with Crippen LogP contribution >= 0.6 is 0 Å². The van der Waals surface area contributed by atoms with E-state index in [2.05, 4.69) is 0 Å². The van der Waals surface area contributed by atoms with Crippen LogP contribution in [0.3, 0.4) is 0 Å². The van der Waals surface area contributed by atoms with Gasteiger partial charge < -0.3 is 14.7 Å². The predicted octanol–water partition coefficient (Wildman–Crippen LogP) is 3.42. The lowest BCUT2D eigenvalue weighted by Crippen LogP contribution is -2.37. The second-order valence-electron chi connectivity index (χ2n) is 7.44. The van der Waals surface area contributed by atoms with E-state index in [9.17, 15) is 14.0 Å². The van der Waals surface area contributed by atoms with Crippen LogP contribution in [0, 0.1) is 11.7 Å². The summed E-state index contributed by atoms with van der Waals surface area (Å²) in [5.41, 5.74) is 3.56. The van der Waals surface area contributed by atoms with Gasteiger partial charge in [-0.05, 0) is 59.7 Å². The number of amides is 1. The van der Waals surface area contributed by atoms with Crippen molar-refractivity contribution in [2.24, 2.45) is 5.92 Å². The zero-order valence-electron chi connectivity index (χ0n) is 15.7. The number of halogens is 1. The molecule has 0 aromatic heterocycles. The average Bonchev–Trinajstić information content (AvgIpc) is 3.52. The van der Waals surface area contributed by atoms with Gasteiger partial charge in [-0.25, -0.2) is 4.39 Å². The van der Waals surface area contributed by atoms with Crippen molar-refractivity contribution in [3.63, 3.8) is 0 Å². The Bertz CT molecular complexity index is 952. The summed E-state index contributed by atoms with van der Waals surface area (Å²) < 4.78 is 20.0. The SMILES string of the molecule is COc1ccc(CC(=O)O)cc1-c1ccc(F)c2c1CN(C(=O)C1CC1)CC2. The molecule has 4 rings (SSSR count). The van der Waals surface area contributed by atoms with E-state index in [0.717, 1.165) is 29.5 Å². The number of carboxylic acids is 1. The molecule has 0 radical (unpaired) electrons. The zero-order valence-corrected chi connectivity index (χ0v) is 15.7. The second kappa shape index (κ2) is 7.26. The lowest BCUT2D eigenvalue weighted by atomic mass is 9.89. The Hall–Kier alpha value is -2.89. The second-order valence-corrected chi connectivity index (χ2v) is 7.44. The van der Waals surface area contributed by atoms with Gasteiger partial charge in [0.05, 0.1) is 13.5 Å². The van der Waals surface area contributed by atoms with Crippen LogP contribution in [-0.4, -0.2) is 35.5 Å². The monoisotopic (exact) mass is 383 g/mol. The quantitative estimate of drug-likeness (QED) is 0.859. The standard InChI is InChI=1S/C22H22FNO4/c1-28-20-7-2-13(11-21(25)26)10-17(20)15-5-6-19(23)16-8-9-24(12-18(15)16)22(27)14-3-4-14/h2,5-7,10,14H,3-4,8-9,11-12H2,1H3,(H,25,26). The Morgan fingerprint density at radius 3 is 2.64 bits per heavy atom. The highest BCUT2D eigenvalue weighted by atomic mass is 19.1. The number of carbonyl (C=O) groups is 2. The van der Waals surface area contributed by atoms with Crippen LogP contribution in [0.25, 0.3) is 11.1 Å². The van der Waals surface area contributed by atoms with Gasteiger partial charge in [-0.15, -0.1) is 0 Å². The number of carboxylic acid groups (broad SMARTS) is 1. The summed E-state index contributed by atoms with van der Waals surface area (Å²) in [5, 5.41) is 9.11. The van der Waals surface area contributed by atoms with Crippen molar-refractivity contribution in [1.29, 1.82) is 0 Å². The molecule has 0 saturated heterocycles. The number of ether oxygens (including phenoxy) is 1. The molecule has 1 fully saturated rings. The molecule has 2 aromatic rings. The Morgan fingerprint density at radius 1 is 1.18 bits per heavy atom. The number of methoxy groups -OCH3 is 1. The van der Waals surface area contributed by atoms with E-state index in [4.69, 9.17) is 9.84 Å². The van der Waals surface area contributed by atoms with Gasteiger partial charge in [0.2, 0.25) is 5.91 Å². The van der Waals surface area contributed by atoms with Crippen molar-refractivity contribution in [2.45, 2.75) is 32.2 Å². The number of carbonyl (C=O) groups excluding carboxylic acids is 1. The fourth-order valence-corrected chi connectivity index (χ4v) is 3.91. The highest BCUT2D eigenvalue weighted by Crippen LogP contribution is 2.39. The van der Waals surface area contributed by atoms with E-state index < -0.39 is 5.97 Å². The predicted molar refractivity (Wildman–Crippen MR) is 102 cm³/mol. The third-order valence-corrected chi connectivity index (χ3v) is 5.50. The van der Waals surface area contributed by atoms with Crippen molar-refractivity contribution in [1.82, 2.24) is 4.90 Å². The van der Waals surface area contributed by atoms with Gasteiger partial charge in [-0.2, -0.15) is 0 Å². The fraction of sp³-hybridized carbons (Fsp3) is 0.364. The molecule has 2 aromatic carbocycles. The molecule has 0 atom stereocenters. The van der Waals surface area contributed by atoms with Crippen LogP contribution in [0.2, 0.25) is 0 Å². The van der Waals surface area contributed by atoms with Gasteiger partial charge in [-0.3, -0.25) is 9.59 Å². The Balaban J connectivity index is 1.78. The van der Waals surface area contributed by atoms with Gasteiger partial charge in [0.25, 0.3) is 0 Å². The molecule has 1 heterocycles. The van der Waals surface area contributed by atoms with Crippen LogP contribution in [0.4, 0.5) is 4.39 Å². The van der Waals surface area contributed by atoms with Crippen molar-refractivity contribution in [3.05, 3.63) is 52.8 Å². The molecule has 1 amide bonds. The minimum atomic E-state index is -0.918. The molecule has 1 aliphatic heterocycles. The third kappa shape index (κ3) is 3.46. The molecule has 1 aliphatic carbocycles. The maximum atomic E-state index is 14.5. The number of hydrogen-bond acceptors (Lipinski definition) is 3.